The smallest absolute Gasteiger partial charge is 0.162 e. The Labute approximate surface area is 199 Å². The zero-order chi connectivity index (χ0) is 23.8. The van der Waals surface area contributed by atoms with Gasteiger partial charge in [-0.3, -0.25) is 0 Å². The van der Waals surface area contributed by atoms with E-state index in [9.17, 15) is 0 Å². The van der Waals surface area contributed by atoms with Crippen molar-refractivity contribution in [3.63, 3.8) is 0 Å². The lowest BCUT2D eigenvalue weighted by Crippen LogP contribution is -2.10. The molecule has 0 aliphatic rings. The number of para-hydroxylation sites is 1. The first-order chi connectivity index (χ1) is 16.5. The minimum Gasteiger partial charge on any atom is -0.493 e. The molecule has 6 heteroatoms. The molecule has 3 aromatic carbocycles. The number of rotatable bonds is 6. The van der Waals surface area contributed by atoms with Crippen LogP contribution < -0.4 is 14.8 Å². The Hall–Kier alpha value is -4.06. The second-order valence-electron chi connectivity index (χ2n) is 8.48. The van der Waals surface area contributed by atoms with Crippen LogP contribution in [-0.4, -0.2) is 28.8 Å². The summed E-state index contributed by atoms with van der Waals surface area (Å²) in [5.74, 6) is 2.76. The van der Waals surface area contributed by atoms with Crippen molar-refractivity contribution in [3.05, 3.63) is 78.1 Å². The molecule has 2 heterocycles. The standard InChI is InChI=1S/C28H28N4O2/c1-17(29-28-22-15-26(33-4)27(34-5)16-23(22)30-18(2)31-28)19-10-8-11-20(13-19)25-14-21-9-6-7-12-24(21)32(25)3/h6-17H,1-5H3,(H,29,30,31). The van der Waals surface area contributed by atoms with Crippen molar-refractivity contribution >= 4 is 27.6 Å². The lowest BCUT2D eigenvalue weighted by atomic mass is 10.0. The Morgan fingerprint density at radius 2 is 1.65 bits per heavy atom. The summed E-state index contributed by atoms with van der Waals surface area (Å²) in [4.78, 5) is 9.29. The van der Waals surface area contributed by atoms with Crippen LogP contribution in [0.3, 0.4) is 0 Å². The fourth-order valence-corrected chi connectivity index (χ4v) is 4.50. The normalized spacial score (nSPS) is 12.1. The molecule has 1 unspecified atom stereocenters. The molecule has 1 atom stereocenters. The molecule has 0 radical (unpaired) electrons. The summed E-state index contributed by atoms with van der Waals surface area (Å²) < 4.78 is 13.2. The van der Waals surface area contributed by atoms with E-state index in [1.54, 1.807) is 14.2 Å². The summed E-state index contributed by atoms with van der Waals surface area (Å²) in [5, 5.41) is 5.72. The number of benzene rings is 3. The van der Waals surface area contributed by atoms with E-state index >= 15 is 0 Å². The molecule has 1 N–H and O–H groups in total. The summed E-state index contributed by atoms with van der Waals surface area (Å²) in [6.45, 7) is 4.04. The van der Waals surface area contributed by atoms with Gasteiger partial charge in [-0.15, -0.1) is 0 Å². The first-order valence-corrected chi connectivity index (χ1v) is 11.3. The molecular weight excluding hydrogens is 424 g/mol. The number of aryl methyl sites for hydroxylation is 2. The maximum absolute atomic E-state index is 5.51. The van der Waals surface area contributed by atoms with Gasteiger partial charge in [0.25, 0.3) is 0 Å². The minimum atomic E-state index is 0.0280. The van der Waals surface area contributed by atoms with Gasteiger partial charge in [0.1, 0.15) is 11.6 Å². The lowest BCUT2D eigenvalue weighted by molar-refractivity contribution is 0.356. The fraction of sp³-hybridized carbons (Fsp3) is 0.214. The number of nitrogens with one attached hydrogen (secondary N) is 1. The summed E-state index contributed by atoms with van der Waals surface area (Å²) in [6.07, 6.45) is 0. The Kier molecular flexibility index (Phi) is 5.57. The largest absolute Gasteiger partial charge is 0.493 e. The van der Waals surface area contributed by atoms with Crippen LogP contribution in [0.4, 0.5) is 5.82 Å². The highest BCUT2D eigenvalue weighted by atomic mass is 16.5. The molecule has 2 aromatic heterocycles. The van der Waals surface area contributed by atoms with Crippen LogP contribution in [0.15, 0.2) is 66.7 Å². The Bertz CT molecular complexity index is 1510. The quantitative estimate of drug-likeness (QED) is 0.328. The Balaban J connectivity index is 1.51. The van der Waals surface area contributed by atoms with Crippen molar-refractivity contribution in [2.75, 3.05) is 19.5 Å². The number of fused-ring (bicyclic) bond motifs is 2. The number of methoxy groups -OCH3 is 2. The maximum Gasteiger partial charge on any atom is 0.162 e. The molecule has 0 spiro atoms. The van der Waals surface area contributed by atoms with Gasteiger partial charge in [-0.25, -0.2) is 9.97 Å². The van der Waals surface area contributed by atoms with E-state index in [4.69, 9.17) is 14.5 Å². The van der Waals surface area contributed by atoms with Gasteiger partial charge in [-0.05, 0) is 49.2 Å². The number of ether oxygens (including phenoxy) is 2. The van der Waals surface area contributed by atoms with Crippen LogP contribution in [0.1, 0.15) is 24.4 Å². The Morgan fingerprint density at radius 3 is 2.41 bits per heavy atom. The molecule has 0 aliphatic carbocycles. The van der Waals surface area contributed by atoms with Gasteiger partial charge in [-0.1, -0.05) is 36.4 Å². The molecule has 34 heavy (non-hydrogen) atoms. The number of aromatic nitrogens is 3. The molecule has 0 aliphatic heterocycles. The Morgan fingerprint density at radius 1 is 0.882 bits per heavy atom. The average molecular weight is 453 g/mol. The van der Waals surface area contributed by atoms with E-state index in [1.165, 1.54) is 27.7 Å². The molecule has 5 rings (SSSR count). The SMILES string of the molecule is COc1cc2nc(C)nc(NC(C)c3cccc(-c4cc5ccccc5n4C)c3)c2cc1OC. The van der Waals surface area contributed by atoms with E-state index < -0.39 is 0 Å². The van der Waals surface area contributed by atoms with Crippen LogP contribution in [0.25, 0.3) is 33.1 Å². The van der Waals surface area contributed by atoms with Gasteiger partial charge >= 0.3 is 0 Å². The average Bonchev–Trinajstić information content (AvgIpc) is 3.19. The molecule has 0 amide bonds. The van der Waals surface area contributed by atoms with Crippen molar-refractivity contribution in [1.82, 2.24) is 14.5 Å². The van der Waals surface area contributed by atoms with E-state index in [1.807, 2.05) is 19.1 Å². The topological polar surface area (TPSA) is 61.2 Å². The van der Waals surface area contributed by atoms with E-state index in [0.717, 1.165) is 16.7 Å². The monoisotopic (exact) mass is 452 g/mol. The molecule has 0 saturated carbocycles. The number of anilines is 1. The second-order valence-corrected chi connectivity index (χ2v) is 8.48. The number of hydrogen-bond donors (Lipinski definition) is 1. The van der Waals surface area contributed by atoms with Gasteiger partial charge in [-0.2, -0.15) is 0 Å². The molecule has 5 aromatic rings. The molecule has 0 saturated heterocycles. The van der Waals surface area contributed by atoms with Crippen LogP contribution in [0, 0.1) is 6.92 Å². The van der Waals surface area contributed by atoms with Crippen LogP contribution in [0.2, 0.25) is 0 Å². The van der Waals surface area contributed by atoms with E-state index in [0.29, 0.717) is 17.3 Å². The van der Waals surface area contributed by atoms with Crippen molar-refractivity contribution in [3.8, 4) is 22.8 Å². The zero-order valence-electron chi connectivity index (χ0n) is 20.1. The summed E-state index contributed by atoms with van der Waals surface area (Å²) in [7, 11) is 5.37. The molecule has 6 nitrogen and oxygen atoms in total. The number of hydrogen-bond acceptors (Lipinski definition) is 5. The molecule has 0 fully saturated rings. The summed E-state index contributed by atoms with van der Waals surface area (Å²) >= 11 is 0. The summed E-state index contributed by atoms with van der Waals surface area (Å²) in [5.41, 5.74) is 5.58. The van der Waals surface area contributed by atoms with E-state index in [2.05, 4.69) is 83.4 Å². The third kappa shape index (κ3) is 3.81. The van der Waals surface area contributed by atoms with Crippen molar-refractivity contribution in [2.24, 2.45) is 7.05 Å². The van der Waals surface area contributed by atoms with Crippen molar-refractivity contribution < 1.29 is 9.47 Å². The predicted octanol–water partition coefficient (Wildman–Crippen LogP) is 6.29. The van der Waals surface area contributed by atoms with Crippen molar-refractivity contribution in [2.45, 2.75) is 19.9 Å². The third-order valence-electron chi connectivity index (χ3n) is 6.30. The molecule has 0 bridgehead atoms. The summed E-state index contributed by atoms with van der Waals surface area (Å²) in [6, 6.07) is 23.2. The van der Waals surface area contributed by atoms with Crippen molar-refractivity contribution in [1.29, 1.82) is 0 Å². The molecule has 172 valence electrons. The maximum atomic E-state index is 5.51. The van der Waals surface area contributed by atoms with Gasteiger partial charge in [0, 0.05) is 41.1 Å². The highest BCUT2D eigenvalue weighted by Gasteiger charge is 2.16. The van der Waals surface area contributed by atoms with E-state index in [-0.39, 0.29) is 6.04 Å². The first kappa shape index (κ1) is 21.8. The molecular formula is C28H28N4O2. The van der Waals surface area contributed by atoms with Crippen LogP contribution in [0.5, 0.6) is 11.5 Å². The predicted molar refractivity (Wildman–Crippen MR) is 138 cm³/mol. The first-order valence-electron chi connectivity index (χ1n) is 11.3. The minimum absolute atomic E-state index is 0.0280. The van der Waals surface area contributed by atoms with Gasteiger partial charge in [0.05, 0.1) is 19.7 Å². The van der Waals surface area contributed by atoms with Gasteiger partial charge < -0.3 is 19.4 Å². The number of nitrogens with zero attached hydrogens (tertiary/aromatic N) is 3. The van der Waals surface area contributed by atoms with Gasteiger partial charge in [0.15, 0.2) is 11.5 Å². The second kappa shape index (κ2) is 8.71. The third-order valence-corrected chi connectivity index (χ3v) is 6.30. The zero-order valence-corrected chi connectivity index (χ0v) is 20.1. The van der Waals surface area contributed by atoms with Gasteiger partial charge in [0.2, 0.25) is 0 Å². The highest BCUT2D eigenvalue weighted by Crippen LogP contribution is 2.35. The lowest BCUT2D eigenvalue weighted by Gasteiger charge is -2.18. The van der Waals surface area contributed by atoms with Crippen LogP contribution >= 0.6 is 0 Å². The fourth-order valence-electron chi connectivity index (χ4n) is 4.50. The highest BCUT2D eigenvalue weighted by molar-refractivity contribution is 5.92. The van der Waals surface area contributed by atoms with Crippen LogP contribution in [-0.2, 0) is 7.05 Å².